The summed E-state index contributed by atoms with van der Waals surface area (Å²) in [5, 5.41) is 10.3. The van der Waals surface area contributed by atoms with Crippen molar-refractivity contribution < 1.29 is 14.6 Å². The fourth-order valence-corrected chi connectivity index (χ4v) is 3.57. The smallest absolute Gasteiger partial charge is 0.341 e. The van der Waals surface area contributed by atoms with Crippen LogP contribution in [0.2, 0.25) is 10.0 Å². The second kappa shape index (κ2) is 6.66. The van der Waals surface area contributed by atoms with Crippen molar-refractivity contribution in [3.63, 3.8) is 0 Å². The molecule has 0 amide bonds. The molecule has 1 aromatic heterocycles. The number of hydrogen-bond acceptors (Lipinski definition) is 3. The van der Waals surface area contributed by atoms with Gasteiger partial charge in [-0.05, 0) is 30.4 Å². The molecule has 0 unspecified atom stereocenters. The Labute approximate surface area is 131 Å². The molecule has 0 aliphatic rings. The van der Waals surface area contributed by atoms with E-state index in [1.165, 1.54) is 4.88 Å². The van der Waals surface area contributed by atoms with E-state index in [1.807, 2.05) is 0 Å². The molecule has 0 aliphatic carbocycles. The lowest BCUT2D eigenvalue weighted by molar-refractivity contribution is -0.139. The lowest BCUT2D eigenvalue weighted by atomic mass is 10.2. The van der Waals surface area contributed by atoms with Crippen LogP contribution in [0.1, 0.15) is 24.6 Å². The molecule has 0 saturated heterocycles. The molecule has 0 fully saturated rings. The summed E-state index contributed by atoms with van der Waals surface area (Å²) < 4.78 is 6.09. The van der Waals surface area contributed by atoms with Gasteiger partial charge >= 0.3 is 5.97 Å². The molecule has 0 bridgehead atoms. The summed E-state index contributed by atoms with van der Waals surface area (Å²) in [5.41, 5.74) is 0. The van der Waals surface area contributed by atoms with E-state index in [2.05, 4.69) is 13.0 Å². The quantitative estimate of drug-likeness (QED) is 0.808. The van der Waals surface area contributed by atoms with Crippen molar-refractivity contribution in [2.24, 2.45) is 0 Å². The summed E-state index contributed by atoms with van der Waals surface area (Å²) in [6, 6.07) is 3.81. The second-order valence-corrected chi connectivity index (χ2v) is 6.31. The predicted molar refractivity (Wildman–Crippen MR) is 83.6 cm³/mol. The third kappa shape index (κ3) is 3.37. The van der Waals surface area contributed by atoms with Crippen molar-refractivity contribution in [2.75, 3.05) is 6.61 Å². The van der Waals surface area contributed by atoms with E-state index in [0.29, 0.717) is 10.8 Å². The zero-order chi connectivity index (χ0) is 14.7. The maximum atomic E-state index is 10.6. The van der Waals surface area contributed by atoms with Crippen LogP contribution < -0.4 is 4.74 Å². The van der Waals surface area contributed by atoms with E-state index < -0.39 is 12.6 Å². The van der Waals surface area contributed by atoms with Crippen LogP contribution in [0.3, 0.4) is 0 Å². The summed E-state index contributed by atoms with van der Waals surface area (Å²) in [7, 11) is 0. The molecule has 20 heavy (non-hydrogen) atoms. The molecule has 108 valence electrons. The molecule has 0 spiro atoms. The highest BCUT2D eigenvalue weighted by Crippen LogP contribution is 2.42. The molecule has 1 heterocycles. The Morgan fingerprint density at radius 1 is 1.35 bits per heavy atom. The van der Waals surface area contributed by atoms with Gasteiger partial charge in [-0.3, -0.25) is 0 Å². The molecule has 0 aliphatic heterocycles. The van der Waals surface area contributed by atoms with Gasteiger partial charge in [-0.2, -0.15) is 0 Å². The largest absolute Gasteiger partial charge is 0.480 e. The lowest BCUT2D eigenvalue weighted by Gasteiger charge is -2.07. The summed E-state index contributed by atoms with van der Waals surface area (Å²) in [6.07, 6.45) is 3.27. The summed E-state index contributed by atoms with van der Waals surface area (Å²) in [6.45, 7) is 1.71. The number of carboxylic acid groups (broad SMARTS) is 1. The molecule has 3 nitrogen and oxygen atoms in total. The van der Waals surface area contributed by atoms with Crippen molar-refractivity contribution in [3.05, 3.63) is 27.1 Å². The average molecular weight is 333 g/mol. The van der Waals surface area contributed by atoms with E-state index in [-0.39, 0.29) is 5.02 Å². The molecule has 1 aromatic carbocycles. The molecule has 0 radical (unpaired) electrons. The first-order valence-electron chi connectivity index (χ1n) is 6.28. The number of aryl methyl sites for hydroxylation is 1. The van der Waals surface area contributed by atoms with Gasteiger partial charge in [0.1, 0.15) is 10.8 Å². The molecule has 2 rings (SSSR count). The molecule has 1 N–H and O–H groups in total. The summed E-state index contributed by atoms with van der Waals surface area (Å²) >= 11 is 14.0. The molecule has 0 saturated carbocycles. The number of halogens is 2. The average Bonchev–Trinajstić information content (AvgIpc) is 2.82. The Kier molecular flexibility index (Phi) is 5.13. The number of fused-ring (bicyclic) bond motifs is 1. The van der Waals surface area contributed by atoms with Crippen LogP contribution in [-0.2, 0) is 11.2 Å². The minimum atomic E-state index is -1.05. The Hall–Kier alpha value is -0.970. The van der Waals surface area contributed by atoms with Gasteiger partial charge in [0, 0.05) is 4.88 Å². The predicted octanol–water partition coefficient (Wildman–Crippen LogP) is 5.01. The minimum Gasteiger partial charge on any atom is -0.480 e. The maximum absolute atomic E-state index is 10.6. The number of thiophene rings is 1. The Balaban J connectivity index is 2.36. The Bertz CT molecular complexity index is 637. The normalized spacial score (nSPS) is 10.9. The Morgan fingerprint density at radius 3 is 2.75 bits per heavy atom. The topological polar surface area (TPSA) is 46.5 Å². The zero-order valence-electron chi connectivity index (χ0n) is 10.9. The zero-order valence-corrected chi connectivity index (χ0v) is 13.2. The number of unbranched alkanes of at least 4 members (excludes halogenated alkanes) is 1. The van der Waals surface area contributed by atoms with Crippen molar-refractivity contribution in [2.45, 2.75) is 26.2 Å². The third-order valence-corrected chi connectivity index (χ3v) is 5.02. The van der Waals surface area contributed by atoms with Crippen LogP contribution in [0.5, 0.6) is 5.75 Å². The molecule has 0 atom stereocenters. The van der Waals surface area contributed by atoms with Crippen LogP contribution in [0.25, 0.3) is 10.1 Å². The van der Waals surface area contributed by atoms with E-state index in [4.69, 9.17) is 33.0 Å². The van der Waals surface area contributed by atoms with Gasteiger partial charge in [0.2, 0.25) is 0 Å². The van der Waals surface area contributed by atoms with Gasteiger partial charge in [-0.1, -0.05) is 36.5 Å². The van der Waals surface area contributed by atoms with Crippen LogP contribution >= 0.6 is 34.5 Å². The monoisotopic (exact) mass is 332 g/mol. The number of aliphatic carboxylic acids is 1. The second-order valence-electron chi connectivity index (χ2n) is 4.42. The SMILES string of the molecule is CCCCc1cc2cc(OCC(=O)O)c(Cl)c(Cl)c2s1. The highest BCUT2D eigenvalue weighted by molar-refractivity contribution is 7.19. The first kappa shape index (κ1) is 15.4. The first-order valence-corrected chi connectivity index (χ1v) is 7.85. The van der Waals surface area contributed by atoms with Crippen molar-refractivity contribution in [3.8, 4) is 5.75 Å². The van der Waals surface area contributed by atoms with Gasteiger partial charge in [0.25, 0.3) is 0 Å². The van der Waals surface area contributed by atoms with E-state index in [9.17, 15) is 4.79 Å². The van der Waals surface area contributed by atoms with Crippen molar-refractivity contribution in [1.82, 2.24) is 0 Å². The van der Waals surface area contributed by atoms with Crippen LogP contribution in [0, 0.1) is 0 Å². The number of benzene rings is 1. The molecule has 6 heteroatoms. The molecular formula is C14H14Cl2O3S. The number of rotatable bonds is 6. The lowest BCUT2D eigenvalue weighted by Crippen LogP contribution is -2.09. The molecular weight excluding hydrogens is 319 g/mol. The van der Waals surface area contributed by atoms with Crippen molar-refractivity contribution >= 4 is 50.6 Å². The number of carboxylic acids is 1. The van der Waals surface area contributed by atoms with Gasteiger partial charge in [0.05, 0.1) is 9.72 Å². The van der Waals surface area contributed by atoms with Crippen LogP contribution in [-0.4, -0.2) is 17.7 Å². The summed E-state index contributed by atoms with van der Waals surface area (Å²) in [4.78, 5) is 11.8. The highest BCUT2D eigenvalue weighted by Gasteiger charge is 2.15. The van der Waals surface area contributed by atoms with E-state index in [0.717, 1.165) is 29.3 Å². The number of ether oxygens (including phenoxy) is 1. The first-order chi connectivity index (χ1) is 9.52. The van der Waals surface area contributed by atoms with Crippen molar-refractivity contribution in [1.29, 1.82) is 0 Å². The highest BCUT2D eigenvalue weighted by atomic mass is 35.5. The number of carbonyl (C=O) groups is 1. The standard InChI is InChI=1S/C14H14Cl2O3S/c1-2-3-4-9-5-8-6-10(19-7-11(17)18)12(15)13(16)14(8)20-9/h5-6H,2-4,7H2,1H3,(H,17,18). The van der Waals surface area contributed by atoms with Gasteiger partial charge in [-0.15, -0.1) is 11.3 Å². The van der Waals surface area contributed by atoms with Gasteiger partial charge in [0.15, 0.2) is 6.61 Å². The maximum Gasteiger partial charge on any atom is 0.341 e. The summed E-state index contributed by atoms with van der Waals surface area (Å²) in [5.74, 6) is -0.738. The van der Waals surface area contributed by atoms with Gasteiger partial charge < -0.3 is 9.84 Å². The molecule has 2 aromatic rings. The fraction of sp³-hybridized carbons (Fsp3) is 0.357. The number of hydrogen-bond donors (Lipinski definition) is 1. The third-order valence-electron chi connectivity index (χ3n) is 2.83. The minimum absolute atomic E-state index is 0.268. The Morgan fingerprint density at radius 2 is 2.10 bits per heavy atom. The van der Waals surface area contributed by atoms with Crippen LogP contribution in [0.15, 0.2) is 12.1 Å². The van der Waals surface area contributed by atoms with E-state index in [1.54, 1.807) is 17.4 Å². The fourth-order valence-electron chi connectivity index (χ4n) is 1.87. The van der Waals surface area contributed by atoms with Crippen LogP contribution in [0.4, 0.5) is 0 Å². The van der Waals surface area contributed by atoms with Gasteiger partial charge in [-0.25, -0.2) is 4.79 Å². The van der Waals surface area contributed by atoms with E-state index >= 15 is 0 Å².